The van der Waals surface area contributed by atoms with E-state index < -0.39 is 6.17 Å². The maximum Gasteiger partial charge on any atom is 0.159 e. The molecule has 1 aliphatic rings. The van der Waals surface area contributed by atoms with E-state index in [4.69, 9.17) is 18.8 Å². The number of amidine groups is 2. The summed E-state index contributed by atoms with van der Waals surface area (Å²) in [5, 5.41) is 10.2. The van der Waals surface area contributed by atoms with Crippen LogP contribution < -0.4 is 5.32 Å². The van der Waals surface area contributed by atoms with Crippen LogP contribution in [0.2, 0.25) is 0 Å². The summed E-state index contributed by atoms with van der Waals surface area (Å²) in [6, 6.07) is 80.9. The van der Waals surface area contributed by atoms with Crippen LogP contribution in [0.5, 0.6) is 0 Å². The minimum Gasteiger partial charge on any atom is -0.456 e. The van der Waals surface area contributed by atoms with Crippen LogP contribution in [0.1, 0.15) is 22.9 Å². The Bertz CT molecular complexity index is 4200. The first-order chi connectivity index (χ1) is 34.2. The van der Waals surface area contributed by atoms with Gasteiger partial charge < -0.3 is 18.7 Å². The van der Waals surface area contributed by atoms with Crippen LogP contribution in [-0.2, 0) is 0 Å². The summed E-state index contributed by atoms with van der Waals surface area (Å²) in [7, 11) is 0. The minimum absolute atomic E-state index is 0.403. The van der Waals surface area contributed by atoms with Gasteiger partial charge in [-0.1, -0.05) is 182 Å². The molecule has 1 aliphatic heterocycles. The van der Waals surface area contributed by atoms with Gasteiger partial charge in [0.05, 0.1) is 16.7 Å². The summed E-state index contributed by atoms with van der Waals surface area (Å²) in [5.41, 5.74) is 16.0. The molecule has 13 aromatic rings. The molecule has 0 saturated heterocycles. The first-order valence-electron chi connectivity index (χ1n) is 23.3. The molecule has 0 bridgehead atoms. The molecule has 0 fully saturated rings. The quantitative estimate of drug-likeness (QED) is 0.173. The van der Waals surface area contributed by atoms with Gasteiger partial charge in [-0.25, -0.2) is 9.98 Å². The van der Waals surface area contributed by atoms with Gasteiger partial charge in [0, 0.05) is 43.4 Å². The van der Waals surface area contributed by atoms with Gasteiger partial charge in [-0.15, -0.1) is 0 Å². The van der Waals surface area contributed by atoms with Crippen LogP contribution in [0, 0.1) is 0 Å². The summed E-state index contributed by atoms with van der Waals surface area (Å²) >= 11 is 0. The van der Waals surface area contributed by atoms with Crippen molar-refractivity contribution in [3.63, 3.8) is 0 Å². The standard InChI is InChI=1S/C63H40N4O2/c1-4-16-39(17-5-1)41-30-32-43(33-31-41)62-64-61(42-20-8-3-9-21-42)65-63(66-62)51-37-45(38-57-59(51)48-23-11-13-28-55(48)68-57)46-24-15-29-56-58(46)49-25-14-27-54(60(49)69-56)67-52-26-12-10-22-47(52)50-36-44(34-35-53(50)67)40-18-6-2-7-19-40/h1-38,62H,(H,64,65,66). The summed E-state index contributed by atoms with van der Waals surface area (Å²) in [5.74, 6) is 1.37. The Kier molecular flexibility index (Phi) is 8.86. The Labute approximate surface area is 396 Å². The SMILES string of the molecule is c1ccc(C2=NC(c3ccc(-c4ccccc4)cc3)NC(c3cc(-c4cccc5oc6c(-n7c8ccccc8c8cc(-c9ccccc9)ccc87)cccc6c45)cc4oc5ccccc5c34)=N2)cc1. The second-order valence-electron chi connectivity index (χ2n) is 17.7. The van der Waals surface area contributed by atoms with Crippen molar-refractivity contribution in [3.05, 3.63) is 247 Å². The zero-order chi connectivity index (χ0) is 45.4. The van der Waals surface area contributed by atoms with E-state index in [1.54, 1.807) is 0 Å². The van der Waals surface area contributed by atoms with E-state index in [1.807, 2.05) is 36.4 Å². The minimum atomic E-state index is -0.403. The van der Waals surface area contributed by atoms with Crippen molar-refractivity contribution in [1.29, 1.82) is 0 Å². The smallest absolute Gasteiger partial charge is 0.159 e. The Morgan fingerprint density at radius 1 is 0.391 bits per heavy atom. The predicted octanol–water partition coefficient (Wildman–Crippen LogP) is 16.1. The fourth-order valence-electron chi connectivity index (χ4n) is 10.5. The van der Waals surface area contributed by atoms with Crippen LogP contribution >= 0.6 is 0 Å². The highest BCUT2D eigenvalue weighted by Gasteiger charge is 2.26. The van der Waals surface area contributed by atoms with Gasteiger partial charge in [-0.05, 0) is 87.5 Å². The van der Waals surface area contributed by atoms with Crippen molar-refractivity contribution in [2.75, 3.05) is 0 Å². The molecule has 324 valence electrons. The highest BCUT2D eigenvalue weighted by molar-refractivity contribution is 6.24. The van der Waals surface area contributed by atoms with E-state index in [-0.39, 0.29) is 0 Å². The first-order valence-corrected chi connectivity index (χ1v) is 23.3. The maximum atomic E-state index is 7.01. The van der Waals surface area contributed by atoms with E-state index >= 15 is 0 Å². The molecule has 6 heteroatoms. The van der Waals surface area contributed by atoms with Gasteiger partial charge in [0.15, 0.2) is 11.4 Å². The summed E-state index contributed by atoms with van der Waals surface area (Å²) in [6.45, 7) is 0. The van der Waals surface area contributed by atoms with Crippen molar-refractivity contribution < 1.29 is 8.83 Å². The van der Waals surface area contributed by atoms with Crippen LogP contribution in [0.15, 0.2) is 249 Å². The van der Waals surface area contributed by atoms with E-state index in [2.05, 4.69) is 204 Å². The van der Waals surface area contributed by atoms with Gasteiger partial charge in [-0.2, -0.15) is 0 Å². The van der Waals surface area contributed by atoms with E-state index in [1.165, 1.54) is 27.5 Å². The Morgan fingerprint density at radius 3 is 1.80 bits per heavy atom. The molecule has 14 rings (SSSR count). The molecule has 0 radical (unpaired) electrons. The van der Waals surface area contributed by atoms with Crippen molar-refractivity contribution in [1.82, 2.24) is 9.88 Å². The summed E-state index contributed by atoms with van der Waals surface area (Å²) in [6.07, 6.45) is -0.403. The van der Waals surface area contributed by atoms with Crippen LogP contribution in [0.4, 0.5) is 0 Å². The molecule has 69 heavy (non-hydrogen) atoms. The lowest BCUT2D eigenvalue weighted by atomic mass is 9.94. The van der Waals surface area contributed by atoms with Crippen LogP contribution in [0.3, 0.4) is 0 Å². The zero-order valence-corrected chi connectivity index (χ0v) is 37.2. The fourth-order valence-corrected chi connectivity index (χ4v) is 10.5. The summed E-state index contributed by atoms with van der Waals surface area (Å²) in [4.78, 5) is 10.6. The largest absolute Gasteiger partial charge is 0.456 e. The van der Waals surface area contributed by atoms with Gasteiger partial charge in [0.25, 0.3) is 0 Å². The Morgan fingerprint density at radius 2 is 1.00 bits per heavy atom. The van der Waals surface area contributed by atoms with Crippen molar-refractivity contribution in [2.24, 2.45) is 9.98 Å². The third kappa shape index (κ3) is 6.41. The predicted molar refractivity (Wildman–Crippen MR) is 283 cm³/mol. The molecule has 0 spiro atoms. The number of hydrogen-bond acceptors (Lipinski definition) is 5. The highest BCUT2D eigenvalue weighted by Crippen LogP contribution is 2.44. The molecular weight excluding hydrogens is 845 g/mol. The number of hydrogen-bond donors (Lipinski definition) is 1. The average molecular weight is 885 g/mol. The zero-order valence-electron chi connectivity index (χ0n) is 37.2. The van der Waals surface area contributed by atoms with E-state index in [0.29, 0.717) is 11.7 Å². The lowest BCUT2D eigenvalue weighted by Gasteiger charge is -2.24. The molecule has 3 aromatic heterocycles. The lowest BCUT2D eigenvalue weighted by molar-refractivity contribution is 0.666. The molecule has 10 aromatic carbocycles. The third-order valence-corrected chi connectivity index (χ3v) is 13.7. The molecule has 1 N–H and O–H groups in total. The highest BCUT2D eigenvalue weighted by atomic mass is 16.3. The number of nitrogens with zero attached hydrogens (tertiary/aromatic N) is 3. The number of aromatic nitrogens is 1. The van der Waals surface area contributed by atoms with Crippen molar-refractivity contribution in [2.45, 2.75) is 6.17 Å². The van der Waals surface area contributed by atoms with E-state index in [0.717, 1.165) is 94.0 Å². The second-order valence-corrected chi connectivity index (χ2v) is 17.7. The molecule has 1 unspecified atom stereocenters. The number of furan rings is 2. The Hall–Kier alpha value is -9.26. The number of nitrogens with one attached hydrogen (secondary N) is 1. The van der Waals surface area contributed by atoms with Gasteiger partial charge >= 0.3 is 0 Å². The fraction of sp³-hybridized carbons (Fsp3) is 0.0159. The first kappa shape index (κ1) is 39.0. The number of benzene rings is 10. The van der Waals surface area contributed by atoms with Crippen LogP contribution in [0.25, 0.3) is 105 Å². The number of rotatable bonds is 7. The van der Waals surface area contributed by atoms with E-state index in [9.17, 15) is 0 Å². The number of para-hydroxylation sites is 3. The molecule has 4 heterocycles. The average Bonchev–Trinajstić information content (AvgIpc) is 4.11. The Balaban J connectivity index is 0.948. The lowest BCUT2D eigenvalue weighted by Crippen LogP contribution is -2.33. The topological polar surface area (TPSA) is 68.0 Å². The van der Waals surface area contributed by atoms with Gasteiger partial charge in [-0.3, -0.25) is 0 Å². The number of fused-ring (bicyclic) bond motifs is 9. The molecule has 1 atom stereocenters. The molecular formula is C63H40N4O2. The monoisotopic (exact) mass is 884 g/mol. The van der Waals surface area contributed by atoms with Crippen LogP contribution in [-0.4, -0.2) is 16.2 Å². The van der Waals surface area contributed by atoms with Crippen molar-refractivity contribution >= 4 is 77.4 Å². The summed E-state index contributed by atoms with van der Waals surface area (Å²) < 4.78 is 16.1. The van der Waals surface area contributed by atoms with Gasteiger partial charge in [0.1, 0.15) is 28.8 Å². The second kappa shape index (κ2) is 15.7. The van der Waals surface area contributed by atoms with Gasteiger partial charge in [0.2, 0.25) is 0 Å². The molecule has 0 saturated carbocycles. The maximum absolute atomic E-state index is 7.01. The van der Waals surface area contributed by atoms with Crippen molar-refractivity contribution in [3.8, 4) is 39.1 Å². The third-order valence-electron chi connectivity index (χ3n) is 13.7. The normalized spacial score (nSPS) is 13.9. The molecule has 0 amide bonds. The number of aliphatic imine (C=N–C) groups is 2. The molecule has 6 nitrogen and oxygen atoms in total. The molecule has 0 aliphatic carbocycles.